The van der Waals surface area contributed by atoms with E-state index >= 15 is 0 Å². The predicted octanol–water partition coefficient (Wildman–Crippen LogP) is 4.70. The maximum absolute atomic E-state index is 12.8. The van der Waals surface area contributed by atoms with Gasteiger partial charge in [0.1, 0.15) is 16.4 Å². The third-order valence-corrected chi connectivity index (χ3v) is 6.26. The first kappa shape index (κ1) is 24.3. The summed E-state index contributed by atoms with van der Waals surface area (Å²) in [6.45, 7) is 1.56. The van der Waals surface area contributed by atoms with Gasteiger partial charge in [-0.3, -0.25) is 0 Å². The molecule has 33 heavy (non-hydrogen) atoms. The lowest BCUT2D eigenvalue weighted by molar-refractivity contribution is -0.275. The van der Waals surface area contributed by atoms with Gasteiger partial charge < -0.3 is 14.2 Å². The molecule has 0 spiro atoms. The van der Waals surface area contributed by atoms with E-state index in [1.54, 1.807) is 43.5 Å². The van der Waals surface area contributed by atoms with Gasteiger partial charge in [-0.05, 0) is 42.8 Å². The van der Waals surface area contributed by atoms with Crippen LogP contribution in [0.5, 0.6) is 17.4 Å². The summed E-state index contributed by atoms with van der Waals surface area (Å²) in [4.78, 5) is 3.53. The molecule has 0 radical (unpaired) electrons. The smallest absolute Gasteiger partial charge is 0.496 e. The SMILES string of the molecule is COc1cc(C(C)NS(=O)(=O)c2ccccc2OC(F)(F)F)ccc1-c1cccnc1OC. The highest BCUT2D eigenvalue weighted by molar-refractivity contribution is 7.89. The zero-order valence-corrected chi connectivity index (χ0v) is 18.7. The monoisotopic (exact) mass is 482 g/mol. The molecule has 1 aromatic heterocycles. The van der Waals surface area contributed by atoms with Crippen LogP contribution in [0.1, 0.15) is 18.5 Å². The zero-order valence-electron chi connectivity index (χ0n) is 17.9. The number of rotatable bonds is 8. The Kier molecular flexibility index (Phi) is 7.13. The van der Waals surface area contributed by atoms with Crippen molar-refractivity contribution in [2.75, 3.05) is 14.2 Å². The molecule has 3 aromatic rings. The lowest BCUT2D eigenvalue weighted by Crippen LogP contribution is -2.28. The summed E-state index contributed by atoms with van der Waals surface area (Å²) >= 11 is 0. The molecule has 1 N–H and O–H groups in total. The Bertz CT molecular complexity index is 1230. The van der Waals surface area contributed by atoms with Gasteiger partial charge in [0.05, 0.1) is 14.2 Å². The highest BCUT2D eigenvalue weighted by Crippen LogP contribution is 2.37. The number of hydrogen-bond acceptors (Lipinski definition) is 6. The van der Waals surface area contributed by atoms with E-state index in [0.717, 1.165) is 12.1 Å². The van der Waals surface area contributed by atoms with Crippen LogP contribution in [0.25, 0.3) is 11.1 Å². The van der Waals surface area contributed by atoms with Crippen LogP contribution in [0.4, 0.5) is 13.2 Å². The number of hydrogen-bond donors (Lipinski definition) is 1. The van der Waals surface area contributed by atoms with E-state index in [4.69, 9.17) is 9.47 Å². The summed E-state index contributed by atoms with van der Waals surface area (Å²) in [5, 5.41) is 0. The van der Waals surface area contributed by atoms with E-state index in [1.807, 2.05) is 0 Å². The molecule has 1 unspecified atom stereocenters. The Labute approximate surface area is 189 Å². The third-order valence-electron chi connectivity index (χ3n) is 4.68. The first-order chi connectivity index (χ1) is 15.6. The number of halogens is 3. The van der Waals surface area contributed by atoms with Crippen molar-refractivity contribution in [2.45, 2.75) is 24.2 Å². The fraction of sp³-hybridized carbons (Fsp3) is 0.227. The predicted molar refractivity (Wildman–Crippen MR) is 115 cm³/mol. The molecule has 0 aliphatic carbocycles. The number of pyridine rings is 1. The van der Waals surface area contributed by atoms with Gasteiger partial charge in [0.15, 0.2) is 0 Å². The largest absolute Gasteiger partial charge is 0.573 e. The van der Waals surface area contributed by atoms with Crippen molar-refractivity contribution in [1.82, 2.24) is 9.71 Å². The topological polar surface area (TPSA) is 86.8 Å². The summed E-state index contributed by atoms with van der Waals surface area (Å²) in [7, 11) is -1.40. The van der Waals surface area contributed by atoms with Gasteiger partial charge in [-0.1, -0.05) is 24.3 Å². The molecule has 1 heterocycles. The van der Waals surface area contributed by atoms with Crippen molar-refractivity contribution in [3.8, 4) is 28.5 Å². The van der Waals surface area contributed by atoms with Gasteiger partial charge in [0.25, 0.3) is 0 Å². The number of methoxy groups -OCH3 is 2. The average molecular weight is 482 g/mol. The molecule has 11 heteroatoms. The summed E-state index contributed by atoms with van der Waals surface area (Å²) < 4.78 is 80.7. The van der Waals surface area contributed by atoms with Gasteiger partial charge in [-0.15, -0.1) is 13.2 Å². The number of para-hydroxylation sites is 1. The van der Waals surface area contributed by atoms with Crippen LogP contribution in [0, 0.1) is 0 Å². The minimum absolute atomic E-state index is 0.388. The zero-order chi connectivity index (χ0) is 24.2. The summed E-state index contributed by atoms with van der Waals surface area (Å²) in [5.41, 5.74) is 1.87. The van der Waals surface area contributed by atoms with Crippen LogP contribution < -0.4 is 18.9 Å². The Morgan fingerprint density at radius 3 is 2.33 bits per heavy atom. The second-order valence-corrected chi connectivity index (χ2v) is 8.54. The number of aromatic nitrogens is 1. The van der Waals surface area contributed by atoms with Crippen molar-refractivity contribution in [2.24, 2.45) is 0 Å². The lowest BCUT2D eigenvalue weighted by atomic mass is 10.0. The second kappa shape index (κ2) is 9.67. The van der Waals surface area contributed by atoms with Crippen LogP contribution in [0.3, 0.4) is 0 Å². The molecule has 0 saturated heterocycles. The lowest BCUT2D eigenvalue weighted by Gasteiger charge is -2.19. The van der Waals surface area contributed by atoms with Crippen molar-refractivity contribution < 1.29 is 35.8 Å². The number of nitrogens with one attached hydrogen (secondary N) is 1. The van der Waals surface area contributed by atoms with Crippen molar-refractivity contribution in [1.29, 1.82) is 0 Å². The fourth-order valence-corrected chi connectivity index (χ4v) is 4.56. The van der Waals surface area contributed by atoms with Crippen LogP contribution in [0.2, 0.25) is 0 Å². The van der Waals surface area contributed by atoms with E-state index in [2.05, 4.69) is 14.4 Å². The Morgan fingerprint density at radius 2 is 1.67 bits per heavy atom. The number of benzene rings is 2. The molecule has 0 aliphatic rings. The Balaban J connectivity index is 1.91. The molecule has 2 aromatic carbocycles. The minimum atomic E-state index is -5.03. The number of ether oxygens (including phenoxy) is 3. The van der Waals surface area contributed by atoms with Crippen LogP contribution in [-0.4, -0.2) is 34.0 Å². The molecule has 3 rings (SSSR count). The highest BCUT2D eigenvalue weighted by atomic mass is 32.2. The van der Waals surface area contributed by atoms with Crippen molar-refractivity contribution >= 4 is 10.0 Å². The summed E-state index contributed by atoms with van der Waals surface area (Å²) in [5.74, 6) is 0.00512. The number of nitrogens with zero attached hydrogens (tertiary/aromatic N) is 1. The van der Waals surface area contributed by atoms with E-state index < -0.39 is 33.1 Å². The van der Waals surface area contributed by atoms with Crippen molar-refractivity contribution in [3.63, 3.8) is 0 Å². The molecule has 0 amide bonds. The quantitative estimate of drug-likeness (QED) is 0.501. The van der Waals surface area contributed by atoms with Gasteiger partial charge in [0.2, 0.25) is 15.9 Å². The molecular weight excluding hydrogens is 461 g/mol. The molecule has 0 fully saturated rings. The van der Waals surface area contributed by atoms with Gasteiger partial charge in [-0.2, -0.15) is 0 Å². The summed E-state index contributed by atoms with van der Waals surface area (Å²) in [6.07, 6.45) is -3.45. The molecular formula is C22H21F3N2O5S. The molecule has 0 saturated carbocycles. The Hall–Kier alpha value is -3.31. The van der Waals surface area contributed by atoms with Gasteiger partial charge >= 0.3 is 6.36 Å². The molecule has 7 nitrogen and oxygen atoms in total. The van der Waals surface area contributed by atoms with E-state index in [-0.39, 0.29) is 0 Å². The summed E-state index contributed by atoms with van der Waals surface area (Å²) in [6, 6.07) is 12.3. The van der Waals surface area contributed by atoms with Gasteiger partial charge in [-0.25, -0.2) is 18.1 Å². The normalized spacial score (nSPS) is 12.8. The molecule has 0 aliphatic heterocycles. The first-order valence-corrected chi connectivity index (χ1v) is 11.1. The number of alkyl halides is 3. The van der Waals surface area contributed by atoms with E-state index in [1.165, 1.54) is 26.4 Å². The minimum Gasteiger partial charge on any atom is -0.496 e. The Morgan fingerprint density at radius 1 is 0.939 bits per heavy atom. The third kappa shape index (κ3) is 5.74. The van der Waals surface area contributed by atoms with Crippen LogP contribution >= 0.6 is 0 Å². The molecule has 1 atom stereocenters. The fourth-order valence-electron chi connectivity index (χ4n) is 3.20. The van der Waals surface area contributed by atoms with E-state index in [9.17, 15) is 21.6 Å². The first-order valence-electron chi connectivity index (χ1n) is 9.60. The average Bonchev–Trinajstić information content (AvgIpc) is 2.77. The van der Waals surface area contributed by atoms with Crippen molar-refractivity contribution in [3.05, 3.63) is 66.4 Å². The number of sulfonamides is 1. The van der Waals surface area contributed by atoms with Gasteiger partial charge in [0, 0.05) is 23.4 Å². The van der Waals surface area contributed by atoms with Crippen LogP contribution in [0.15, 0.2) is 65.7 Å². The second-order valence-electron chi connectivity index (χ2n) is 6.86. The molecule has 176 valence electrons. The van der Waals surface area contributed by atoms with E-state index in [0.29, 0.717) is 28.3 Å². The standard InChI is InChI=1S/C22H21F3N2O5S/c1-14(27-33(28,29)20-9-5-4-8-18(20)32-22(23,24)25)15-10-11-16(19(13-15)30-2)17-7-6-12-26-21(17)31-3/h4-14,27H,1-3H3. The highest BCUT2D eigenvalue weighted by Gasteiger charge is 2.34. The maximum Gasteiger partial charge on any atom is 0.573 e. The maximum atomic E-state index is 12.8. The van der Waals surface area contributed by atoms with Crippen LogP contribution in [-0.2, 0) is 10.0 Å². The molecule has 0 bridgehead atoms.